The first-order valence-electron chi connectivity index (χ1n) is 8.42. The second-order valence-corrected chi connectivity index (χ2v) is 7.36. The van der Waals surface area contributed by atoms with Crippen LogP contribution in [0.3, 0.4) is 0 Å². The van der Waals surface area contributed by atoms with Crippen molar-refractivity contribution in [3.63, 3.8) is 0 Å². The molecule has 2 fully saturated rings. The molecule has 0 radical (unpaired) electrons. The molecule has 1 saturated heterocycles. The van der Waals surface area contributed by atoms with Crippen molar-refractivity contribution in [2.75, 3.05) is 31.1 Å². The highest BCUT2D eigenvalue weighted by molar-refractivity contribution is 7.15. The van der Waals surface area contributed by atoms with Crippen LogP contribution in [0.2, 0.25) is 0 Å². The number of thiazole rings is 1. The Labute approximate surface area is 132 Å². The van der Waals surface area contributed by atoms with Gasteiger partial charge in [0.15, 0.2) is 5.13 Å². The van der Waals surface area contributed by atoms with Gasteiger partial charge in [-0.05, 0) is 32.7 Å². The molecule has 1 N–H and O–H groups in total. The first kappa shape index (κ1) is 15.3. The van der Waals surface area contributed by atoms with Crippen molar-refractivity contribution in [3.05, 3.63) is 10.6 Å². The van der Waals surface area contributed by atoms with E-state index in [1.54, 1.807) is 0 Å². The summed E-state index contributed by atoms with van der Waals surface area (Å²) in [6, 6.07) is 1.40. The highest BCUT2D eigenvalue weighted by Gasteiger charge is 2.26. The van der Waals surface area contributed by atoms with E-state index in [9.17, 15) is 0 Å². The number of hydrogen-bond acceptors (Lipinski definition) is 5. The quantitative estimate of drug-likeness (QED) is 0.875. The van der Waals surface area contributed by atoms with E-state index in [0.29, 0.717) is 6.04 Å². The molecule has 0 spiro atoms. The van der Waals surface area contributed by atoms with Crippen LogP contribution in [-0.4, -0.2) is 48.1 Å². The number of anilines is 1. The molecule has 2 aliphatic rings. The van der Waals surface area contributed by atoms with Crippen LogP contribution in [0.25, 0.3) is 0 Å². The molecule has 1 unspecified atom stereocenters. The third kappa shape index (κ3) is 3.58. The Kier molecular flexibility index (Phi) is 4.82. The minimum Gasteiger partial charge on any atom is -0.345 e. The topological polar surface area (TPSA) is 31.4 Å². The van der Waals surface area contributed by atoms with Crippen molar-refractivity contribution in [3.8, 4) is 0 Å². The average Bonchev–Trinajstić information content (AvgIpc) is 3.23. The van der Waals surface area contributed by atoms with Crippen molar-refractivity contribution < 1.29 is 0 Å². The van der Waals surface area contributed by atoms with Crippen LogP contribution in [0.5, 0.6) is 0 Å². The molecule has 118 valence electrons. The van der Waals surface area contributed by atoms with Gasteiger partial charge in [-0.15, -0.1) is 11.3 Å². The number of rotatable bonds is 6. The Morgan fingerprint density at radius 1 is 1.29 bits per heavy atom. The Hall–Kier alpha value is -0.650. The molecule has 1 aliphatic carbocycles. The first-order chi connectivity index (χ1) is 10.2. The number of aryl methyl sites for hydroxylation is 1. The predicted molar refractivity (Wildman–Crippen MR) is 90.3 cm³/mol. The summed E-state index contributed by atoms with van der Waals surface area (Å²) in [5, 5.41) is 4.87. The largest absolute Gasteiger partial charge is 0.345 e. The van der Waals surface area contributed by atoms with Crippen LogP contribution < -0.4 is 10.2 Å². The Morgan fingerprint density at radius 3 is 2.71 bits per heavy atom. The van der Waals surface area contributed by atoms with Crippen molar-refractivity contribution in [2.45, 2.75) is 58.7 Å². The van der Waals surface area contributed by atoms with Gasteiger partial charge >= 0.3 is 0 Å². The fourth-order valence-corrected chi connectivity index (χ4v) is 4.22. The molecule has 0 amide bonds. The lowest BCUT2D eigenvalue weighted by Gasteiger charge is -2.39. The van der Waals surface area contributed by atoms with E-state index < -0.39 is 0 Å². The molecular weight excluding hydrogens is 280 g/mol. The Morgan fingerprint density at radius 2 is 2.10 bits per heavy atom. The van der Waals surface area contributed by atoms with Crippen LogP contribution in [0, 0.1) is 0 Å². The lowest BCUT2D eigenvalue weighted by atomic mass is 10.2. The summed E-state index contributed by atoms with van der Waals surface area (Å²) in [6.07, 6.45) is 3.75. The maximum atomic E-state index is 4.92. The molecule has 1 aromatic heterocycles. The highest BCUT2D eigenvalue weighted by Crippen LogP contribution is 2.29. The summed E-state index contributed by atoms with van der Waals surface area (Å²) in [7, 11) is 0. The molecule has 1 atom stereocenters. The summed E-state index contributed by atoms with van der Waals surface area (Å²) in [5.74, 6) is 0. The van der Waals surface area contributed by atoms with Gasteiger partial charge in [0.05, 0.1) is 5.69 Å². The minimum absolute atomic E-state index is 0.630. The molecule has 21 heavy (non-hydrogen) atoms. The molecule has 1 aliphatic heterocycles. The standard InChI is InChI=1S/C16H28N4S/c1-4-14-15(10-17-13-6-7-13)21-16(18-14)20-9-8-19(5-2)12(3)11-20/h12-13,17H,4-11H2,1-3H3. The Bertz CT molecular complexity index is 469. The van der Waals surface area contributed by atoms with E-state index in [2.05, 4.69) is 35.9 Å². The van der Waals surface area contributed by atoms with E-state index in [4.69, 9.17) is 4.98 Å². The van der Waals surface area contributed by atoms with Crippen LogP contribution in [-0.2, 0) is 13.0 Å². The summed E-state index contributed by atoms with van der Waals surface area (Å²) in [5.41, 5.74) is 1.30. The fourth-order valence-electron chi connectivity index (χ4n) is 3.08. The van der Waals surface area contributed by atoms with Gasteiger partial charge in [-0.3, -0.25) is 4.90 Å². The van der Waals surface area contributed by atoms with E-state index in [1.165, 1.54) is 28.5 Å². The van der Waals surface area contributed by atoms with Crippen molar-refractivity contribution in [1.29, 1.82) is 0 Å². The van der Waals surface area contributed by atoms with Gasteiger partial charge in [-0.1, -0.05) is 13.8 Å². The monoisotopic (exact) mass is 308 g/mol. The van der Waals surface area contributed by atoms with Crippen LogP contribution in [0.4, 0.5) is 5.13 Å². The third-order valence-corrected chi connectivity index (χ3v) is 5.83. The smallest absolute Gasteiger partial charge is 0.185 e. The lowest BCUT2D eigenvalue weighted by molar-refractivity contribution is 0.199. The molecule has 2 heterocycles. The van der Waals surface area contributed by atoms with E-state index in [1.807, 2.05) is 11.3 Å². The predicted octanol–water partition coefficient (Wildman–Crippen LogP) is 2.49. The summed E-state index contributed by atoms with van der Waals surface area (Å²) in [6.45, 7) is 12.4. The van der Waals surface area contributed by atoms with Gasteiger partial charge in [0, 0.05) is 43.1 Å². The SMILES string of the molecule is CCc1nc(N2CCN(CC)C(C)C2)sc1CNC1CC1. The molecule has 0 bridgehead atoms. The molecule has 3 rings (SSSR count). The summed E-state index contributed by atoms with van der Waals surface area (Å²) in [4.78, 5) is 11.4. The lowest BCUT2D eigenvalue weighted by Crippen LogP contribution is -2.51. The number of piperazine rings is 1. The number of nitrogens with one attached hydrogen (secondary N) is 1. The normalized spacial score (nSPS) is 23.8. The molecule has 4 nitrogen and oxygen atoms in total. The van der Waals surface area contributed by atoms with Crippen LogP contribution in [0.15, 0.2) is 0 Å². The van der Waals surface area contributed by atoms with Gasteiger partial charge in [0.2, 0.25) is 0 Å². The Balaban J connectivity index is 1.67. The van der Waals surface area contributed by atoms with Crippen LogP contribution >= 0.6 is 11.3 Å². The zero-order chi connectivity index (χ0) is 14.8. The van der Waals surface area contributed by atoms with E-state index in [-0.39, 0.29) is 0 Å². The number of likely N-dealkylation sites (N-methyl/N-ethyl adjacent to an activating group) is 1. The van der Waals surface area contributed by atoms with Gasteiger partial charge in [-0.2, -0.15) is 0 Å². The first-order valence-corrected chi connectivity index (χ1v) is 9.23. The average molecular weight is 308 g/mol. The zero-order valence-corrected chi connectivity index (χ0v) is 14.4. The fraction of sp³-hybridized carbons (Fsp3) is 0.812. The maximum Gasteiger partial charge on any atom is 0.185 e. The maximum absolute atomic E-state index is 4.92. The van der Waals surface area contributed by atoms with Crippen LogP contribution in [0.1, 0.15) is 44.2 Å². The van der Waals surface area contributed by atoms with Crippen molar-refractivity contribution in [1.82, 2.24) is 15.2 Å². The van der Waals surface area contributed by atoms with Gasteiger partial charge in [0.1, 0.15) is 0 Å². The minimum atomic E-state index is 0.630. The zero-order valence-electron chi connectivity index (χ0n) is 13.6. The van der Waals surface area contributed by atoms with Gasteiger partial charge < -0.3 is 10.2 Å². The van der Waals surface area contributed by atoms with Gasteiger partial charge in [0.25, 0.3) is 0 Å². The molecule has 1 saturated carbocycles. The molecular formula is C16H28N4S. The highest BCUT2D eigenvalue weighted by atomic mass is 32.1. The second kappa shape index (κ2) is 6.63. The molecule has 1 aromatic rings. The van der Waals surface area contributed by atoms with Gasteiger partial charge in [-0.25, -0.2) is 4.98 Å². The molecule has 5 heteroatoms. The number of nitrogens with zero attached hydrogens (tertiary/aromatic N) is 3. The number of aromatic nitrogens is 1. The van der Waals surface area contributed by atoms with E-state index >= 15 is 0 Å². The van der Waals surface area contributed by atoms with Crippen molar-refractivity contribution in [2.24, 2.45) is 0 Å². The number of hydrogen-bond donors (Lipinski definition) is 1. The summed E-state index contributed by atoms with van der Waals surface area (Å²) < 4.78 is 0. The van der Waals surface area contributed by atoms with E-state index in [0.717, 1.165) is 45.2 Å². The summed E-state index contributed by atoms with van der Waals surface area (Å²) >= 11 is 1.91. The third-order valence-electron chi connectivity index (χ3n) is 4.67. The second-order valence-electron chi connectivity index (χ2n) is 6.30. The van der Waals surface area contributed by atoms with Crippen molar-refractivity contribution >= 4 is 16.5 Å². The molecule has 0 aromatic carbocycles.